The first-order chi connectivity index (χ1) is 9.58. The van der Waals surface area contributed by atoms with E-state index >= 15 is 0 Å². The van der Waals surface area contributed by atoms with Crippen LogP contribution in [0.25, 0.3) is 0 Å². The molecule has 3 heteroatoms. The van der Waals surface area contributed by atoms with Gasteiger partial charge in [0.05, 0.1) is 6.61 Å². The molecule has 0 saturated heterocycles. The lowest BCUT2D eigenvalue weighted by Crippen LogP contribution is -2.23. The molecule has 104 valence electrons. The second kappa shape index (κ2) is 6.35. The molecule has 0 fully saturated rings. The number of hydrogen-bond acceptors (Lipinski definition) is 2. The summed E-state index contributed by atoms with van der Waals surface area (Å²) in [5.41, 5.74) is 4.67. The maximum atomic E-state index is 12.1. The first kappa shape index (κ1) is 14.3. The molecule has 0 spiro atoms. The molecule has 1 amide bonds. The molecule has 0 saturated carbocycles. The summed E-state index contributed by atoms with van der Waals surface area (Å²) in [6.07, 6.45) is 0. The Hall–Kier alpha value is -2.13. The van der Waals surface area contributed by atoms with Gasteiger partial charge < -0.3 is 10.4 Å². The van der Waals surface area contributed by atoms with E-state index in [9.17, 15) is 4.79 Å². The van der Waals surface area contributed by atoms with Crippen LogP contribution in [0.2, 0.25) is 0 Å². The normalized spacial score (nSPS) is 10.3. The number of rotatable bonds is 4. The molecule has 0 aliphatic rings. The number of nitrogens with one attached hydrogen (secondary N) is 1. The van der Waals surface area contributed by atoms with E-state index in [1.54, 1.807) is 0 Å². The standard InChI is InChI=1S/C17H19NO2/c1-12-6-13(2)8-16(7-12)17(20)18-10-14-4-3-5-15(9-14)11-19/h3-9,19H,10-11H2,1-2H3,(H,18,20). The van der Waals surface area contributed by atoms with E-state index in [1.807, 2.05) is 56.3 Å². The molecule has 0 aromatic heterocycles. The van der Waals surface area contributed by atoms with Crippen molar-refractivity contribution in [2.24, 2.45) is 0 Å². The summed E-state index contributed by atoms with van der Waals surface area (Å²) in [5, 5.41) is 12.0. The number of amides is 1. The molecule has 0 radical (unpaired) electrons. The molecular weight excluding hydrogens is 250 g/mol. The van der Waals surface area contributed by atoms with Gasteiger partial charge in [0.2, 0.25) is 0 Å². The maximum Gasteiger partial charge on any atom is 0.251 e. The Labute approximate surface area is 119 Å². The van der Waals surface area contributed by atoms with Crippen molar-refractivity contribution >= 4 is 5.91 Å². The van der Waals surface area contributed by atoms with Gasteiger partial charge in [0.25, 0.3) is 5.91 Å². The molecule has 3 nitrogen and oxygen atoms in total. The highest BCUT2D eigenvalue weighted by Crippen LogP contribution is 2.10. The van der Waals surface area contributed by atoms with Gasteiger partial charge in [-0.1, -0.05) is 41.5 Å². The van der Waals surface area contributed by atoms with E-state index in [0.29, 0.717) is 12.1 Å². The largest absolute Gasteiger partial charge is 0.392 e. The average Bonchev–Trinajstić information content (AvgIpc) is 2.44. The molecule has 2 N–H and O–H groups in total. The van der Waals surface area contributed by atoms with Crippen LogP contribution >= 0.6 is 0 Å². The molecule has 20 heavy (non-hydrogen) atoms. The Kier molecular flexibility index (Phi) is 4.53. The van der Waals surface area contributed by atoms with E-state index in [4.69, 9.17) is 5.11 Å². The van der Waals surface area contributed by atoms with Gasteiger partial charge in [-0.15, -0.1) is 0 Å². The molecule has 2 aromatic rings. The third-order valence-corrected chi connectivity index (χ3v) is 3.11. The predicted octanol–water partition coefficient (Wildman–Crippen LogP) is 2.73. The average molecular weight is 269 g/mol. The van der Waals surface area contributed by atoms with Crippen molar-refractivity contribution < 1.29 is 9.90 Å². The SMILES string of the molecule is Cc1cc(C)cc(C(=O)NCc2cccc(CO)c2)c1. The minimum Gasteiger partial charge on any atom is -0.392 e. The lowest BCUT2D eigenvalue weighted by Gasteiger charge is -2.08. The van der Waals surface area contributed by atoms with Crippen LogP contribution < -0.4 is 5.32 Å². The predicted molar refractivity (Wildman–Crippen MR) is 79.5 cm³/mol. The highest BCUT2D eigenvalue weighted by molar-refractivity contribution is 5.94. The van der Waals surface area contributed by atoms with Gasteiger partial charge in [-0.25, -0.2) is 0 Å². The Balaban J connectivity index is 2.04. The van der Waals surface area contributed by atoms with Crippen molar-refractivity contribution in [2.45, 2.75) is 27.0 Å². The first-order valence-corrected chi connectivity index (χ1v) is 6.63. The zero-order valence-electron chi connectivity index (χ0n) is 11.8. The van der Waals surface area contributed by atoms with Crippen LogP contribution in [0.1, 0.15) is 32.6 Å². The Morgan fingerprint density at radius 2 is 1.70 bits per heavy atom. The third kappa shape index (κ3) is 3.68. The fourth-order valence-corrected chi connectivity index (χ4v) is 2.23. The zero-order chi connectivity index (χ0) is 14.5. The van der Waals surface area contributed by atoms with Crippen molar-refractivity contribution in [3.05, 3.63) is 70.3 Å². The van der Waals surface area contributed by atoms with E-state index in [0.717, 1.165) is 22.3 Å². The van der Waals surface area contributed by atoms with Crippen molar-refractivity contribution in [1.82, 2.24) is 5.32 Å². The lowest BCUT2D eigenvalue weighted by molar-refractivity contribution is 0.0950. The van der Waals surface area contributed by atoms with E-state index in [1.165, 1.54) is 0 Å². The highest BCUT2D eigenvalue weighted by atomic mass is 16.3. The summed E-state index contributed by atoms with van der Waals surface area (Å²) >= 11 is 0. The molecule has 2 rings (SSSR count). The first-order valence-electron chi connectivity index (χ1n) is 6.63. The van der Waals surface area contributed by atoms with Gasteiger partial charge in [-0.3, -0.25) is 4.79 Å². The molecule has 0 bridgehead atoms. The van der Waals surface area contributed by atoms with Gasteiger partial charge in [0.1, 0.15) is 0 Å². The monoisotopic (exact) mass is 269 g/mol. The number of aliphatic hydroxyl groups excluding tert-OH is 1. The minimum absolute atomic E-state index is 0.0128. The molecular formula is C17H19NO2. The smallest absolute Gasteiger partial charge is 0.251 e. The molecule has 0 unspecified atom stereocenters. The summed E-state index contributed by atoms with van der Waals surface area (Å²) in [4.78, 5) is 12.1. The topological polar surface area (TPSA) is 49.3 Å². The van der Waals surface area contributed by atoms with Crippen LogP contribution in [-0.2, 0) is 13.2 Å². The van der Waals surface area contributed by atoms with E-state index in [-0.39, 0.29) is 12.5 Å². The fraction of sp³-hybridized carbons (Fsp3) is 0.235. The molecule has 2 aromatic carbocycles. The van der Waals surface area contributed by atoms with E-state index in [2.05, 4.69) is 5.32 Å². The molecule has 0 heterocycles. The fourth-order valence-electron chi connectivity index (χ4n) is 2.23. The number of carbonyl (C=O) groups is 1. The Morgan fingerprint density at radius 1 is 1.05 bits per heavy atom. The Bertz CT molecular complexity index is 600. The number of aryl methyl sites for hydroxylation is 2. The van der Waals surface area contributed by atoms with E-state index < -0.39 is 0 Å². The van der Waals surface area contributed by atoms with Gasteiger partial charge in [-0.2, -0.15) is 0 Å². The molecule has 0 atom stereocenters. The second-order valence-electron chi connectivity index (χ2n) is 5.04. The number of aliphatic hydroxyl groups is 1. The van der Waals surface area contributed by atoms with Crippen molar-refractivity contribution in [3.63, 3.8) is 0 Å². The number of benzene rings is 2. The van der Waals surface area contributed by atoms with Gasteiger partial charge in [0.15, 0.2) is 0 Å². The summed E-state index contributed by atoms with van der Waals surface area (Å²) in [6.45, 7) is 4.43. The summed E-state index contributed by atoms with van der Waals surface area (Å²) in [5.74, 6) is -0.0776. The van der Waals surface area contributed by atoms with Gasteiger partial charge in [0, 0.05) is 12.1 Å². The number of hydrogen-bond donors (Lipinski definition) is 2. The highest BCUT2D eigenvalue weighted by Gasteiger charge is 2.06. The number of carbonyl (C=O) groups excluding carboxylic acids is 1. The molecule has 0 aliphatic carbocycles. The quantitative estimate of drug-likeness (QED) is 0.896. The summed E-state index contributed by atoms with van der Waals surface area (Å²) in [6, 6.07) is 13.4. The summed E-state index contributed by atoms with van der Waals surface area (Å²) in [7, 11) is 0. The Morgan fingerprint density at radius 3 is 2.35 bits per heavy atom. The van der Waals surface area contributed by atoms with Crippen LogP contribution in [0.5, 0.6) is 0 Å². The van der Waals surface area contributed by atoms with Gasteiger partial charge >= 0.3 is 0 Å². The maximum absolute atomic E-state index is 12.1. The second-order valence-corrected chi connectivity index (χ2v) is 5.04. The third-order valence-electron chi connectivity index (χ3n) is 3.11. The lowest BCUT2D eigenvalue weighted by atomic mass is 10.1. The van der Waals surface area contributed by atoms with Crippen LogP contribution in [0.4, 0.5) is 0 Å². The van der Waals surface area contributed by atoms with Crippen LogP contribution in [0.15, 0.2) is 42.5 Å². The zero-order valence-corrected chi connectivity index (χ0v) is 11.8. The van der Waals surface area contributed by atoms with Crippen LogP contribution in [0, 0.1) is 13.8 Å². The van der Waals surface area contributed by atoms with Crippen molar-refractivity contribution in [3.8, 4) is 0 Å². The van der Waals surface area contributed by atoms with Crippen LogP contribution in [-0.4, -0.2) is 11.0 Å². The summed E-state index contributed by atoms with van der Waals surface area (Å²) < 4.78 is 0. The molecule has 0 aliphatic heterocycles. The van der Waals surface area contributed by atoms with Gasteiger partial charge in [-0.05, 0) is 37.1 Å². The van der Waals surface area contributed by atoms with Crippen LogP contribution in [0.3, 0.4) is 0 Å². The minimum atomic E-state index is -0.0776. The van der Waals surface area contributed by atoms with Crippen molar-refractivity contribution in [1.29, 1.82) is 0 Å². The van der Waals surface area contributed by atoms with Crippen molar-refractivity contribution in [2.75, 3.05) is 0 Å².